The number of benzene rings is 2. The molecule has 0 fully saturated rings. The topological polar surface area (TPSA) is 112 Å². The number of rotatable bonds is 7. The molecule has 0 bridgehead atoms. The number of sulfonamides is 1. The summed E-state index contributed by atoms with van der Waals surface area (Å²) in [6.07, 6.45) is 1.75. The molecule has 2 aromatic heterocycles. The van der Waals surface area contributed by atoms with Crippen molar-refractivity contribution in [2.45, 2.75) is 38.3 Å². The van der Waals surface area contributed by atoms with Crippen molar-refractivity contribution < 1.29 is 13.2 Å². The van der Waals surface area contributed by atoms with Crippen molar-refractivity contribution in [3.8, 4) is 17.0 Å². The van der Waals surface area contributed by atoms with Gasteiger partial charge in [-0.15, -0.1) is 11.3 Å². The first-order chi connectivity index (χ1) is 14.7. The van der Waals surface area contributed by atoms with Crippen molar-refractivity contribution in [2.24, 2.45) is 5.14 Å². The molecule has 0 amide bonds. The second-order valence-corrected chi connectivity index (χ2v) is 9.69. The first kappa shape index (κ1) is 21.3. The molecule has 0 unspecified atom stereocenters. The van der Waals surface area contributed by atoms with E-state index >= 15 is 0 Å². The molecule has 4 rings (SSSR count). The van der Waals surface area contributed by atoms with E-state index in [-0.39, 0.29) is 11.0 Å². The maximum Gasteiger partial charge on any atom is 0.238 e. The van der Waals surface area contributed by atoms with Gasteiger partial charge in [0.25, 0.3) is 0 Å². The van der Waals surface area contributed by atoms with Crippen molar-refractivity contribution in [2.75, 3.05) is 5.32 Å². The Morgan fingerprint density at radius 2 is 2.03 bits per heavy atom. The van der Waals surface area contributed by atoms with Crippen molar-refractivity contribution in [1.29, 1.82) is 0 Å². The molecule has 0 aliphatic carbocycles. The van der Waals surface area contributed by atoms with Crippen LogP contribution in [0.15, 0.2) is 53.0 Å². The zero-order chi connectivity index (χ0) is 22.2. The Labute approximate surface area is 184 Å². The van der Waals surface area contributed by atoms with Crippen LogP contribution in [0.4, 0.5) is 10.8 Å². The van der Waals surface area contributed by atoms with Crippen LogP contribution in [0.1, 0.15) is 20.8 Å². The Bertz CT molecular complexity index is 1340. The van der Waals surface area contributed by atoms with E-state index in [2.05, 4.69) is 26.8 Å². The van der Waals surface area contributed by atoms with E-state index in [1.54, 1.807) is 6.07 Å². The zero-order valence-corrected chi connectivity index (χ0v) is 19.0. The van der Waals surface area contributed by atoms with E-state index in [4.69, 9.17) is 9.88 Å². The smallest absolute Gasteiger partial charge is 0.238 e. The number of nitrogens with two attached hydrogens (primary N) is 1. The predicted octanol–water partition coefficient (Wildman–Crippen LogP) is 4.36. The highest BCUT2D eigenvalue weighted by molar-refractivity contribution is 7.89. The number of ether oxygens (including phenoxy) is 1. The van der Waals surface area contributed by atoms with Crippen LogP contribution >= 0.6 is 11.3 Å². The van der Waals surface area contributed by atoms with Crippen LogP contribution in [0.25, 0.3) is 22.3 Å². The van der Waals surface area contributed by atoms with Gasteiger partial charge in [0.1, 0.15) is 5.75 Å². The van der Waals surface area contributed by atoms with E-state index in [9.17, 15) is 8.42 Å². The summed E-state index contributed by atoms with van der Waals surface area (Å²) in [6, 6.07) is 10.5. The second kappa shape index (κ2) is 8.29. The SMILES string of the molecule is CCn1cnc2cc(-c3csc(Nc4cc(S(N)(=O)=O)ccc4OC(C)C)n3)ccc21. The molecule has 162 valence electrons. The molecule has 2 aromatic carbocycles. The third kappa shape index (κ3) is 4.55. The maximum atomic E-state index is 11.8. The summed E-state index contributed by atoms with van der Waals surface area (Å²) in [4.78, 5) is 9.12. The third-order valence-corrected chi connectivity index (χ3v) is 6.31. The largest absolute Gasteiger partial charge is 0.489 e. The van der Waals surface area contributed by atoms with Gasteiger partial charge < -0.3 is 14.6 Å². The van der Waals surface area contributed by atoms with Gasteiger partial charge in [0.05, 0.1) is 39.7 Å². The van der Waals surface area contributed by atoms with Crippen molar-refractivity contribution in [1.82, 2.24) is 14.5 Å². The Hall–Kier alpha value is -2.95. The molecule has 0 atom stereocenters. The van der Waals surface area contributed by atoms with Crippen LogP contribution in [-0.2, 0) is 16.6 Å². The quantitative estimate of drug-likeness (QED) is 0.426. The number of imidazole rings is 1. The summed E-state index contributed by atoms with van der Waals surface area (Å²) >= 11 is 1.41. The Balaban J connectivity index is 1.65. The number of hydrogen-bond acceptors (Lipinski definition) is 7. The van der Waals surface area contributed by atoms with E-state index in [1.807, 2.05) is 43.8 Å². The van der Waals surface area contributed by atoms with Gasteiger partial charge in [-0.3, -0.25) is 0 Å². The number of fused-ring (bicyclic) bond motifs is 1. The number of thiazole rings is 1. The highest BCUT2D eigenvalue weighted by atomic mass is 32.2. The summed E-state index contributed by atoms with van der Waals surface area (Å²) in [7, 11) is -3.84. The summed E-state index contributed by atoms with van der Waals surface area (Å²) in [5.74, 6) is 0.519. The summed E-state index contributed by atoms with van der Waals surface area (Å²) in [5, 5.41) is 11.0. The molecule has 0 spiro atoms. The zero-order valence-electron chi connectivity index (χ0n) is 17.4. The molecule has 8 nitrogen and oxygen atoms in total. The van der Waals surface area contributed by atoms with Gasteiger partial charge in [0.15, 0.2) is 5.13 Å². The number of primary sulfonamides is 1. The molecule has 0 aliphatic heterocycles. The first-order valence-corrected chi connectivity index (χ1v) is 12.2. The fraction of sp³-hybridized carbons (Fsp3) is 0.238. The average Bonchev–Trinajstić information content (AvgIpc) is 3.34. The van der Waals surface area contributed by atoms with Gasteiger partial charge in [-0.05, 0) is 51.1 Å². The van der Waals surface area contributed by atoms with Gasteiger partial charge in [0, 0.05) is 17.5 Å². The average molecular weight is 458 g/mol. The summed E-state index contributed by atoms with van der Waals surface area (Å²) < 4.78 is 31.4. The van der Waals surface area contributed by atoms with Crippen LogP contribution in [0.3, 0.4) is 0 Å². The summed E-state index contributed by atoms with van der Waals surface area (Å²) in [6.45, 7) is 6.73. The minimum atomic E-state index is -3.84. The molecule has 0 saturated carbocycles. The van der Waals surface area contributed by atoms with E-state index in [1.165, 1.54) is 23.5 Å². The van der Waals surface area contributed by atoms with E-state index < -0.39 is 10.0 Å². The monoisotopic (exact) mass is 457 g/mol. The number of hydrogen-bond donors (Lipinski definition) is 2. The van der Waals surface area contributed by atoms with Gasteiger partial charge >= 0.3 is 0 Å². The number of nitrogens with zero attached hydrogens (tertiary/aromatic N) is 3. The van der Waals surface area contributed by atoms with Crippen molar-refractivity contribution >= 4 is 43.2 Å². The van der Waals surface area contributed by atoms with Crippen LogP contribution < -0.4 is 15.2 Å². The molecule has 31 heavy (non-hydrogen) atoms. The molecule has 3 N–H and O–H groups in total. The maximum absolute atomic E-state index is 11.8. The molecular formula is C21H23N5O3S2. The lowest BCUT2D eigenvalue weighted by atomic mass is 10.1. The highest BCUT2D eigenvalue weighted by Gasteiger charge is 2.15. The number of nitrogens with one attached hydrogen (secondary N) is 1. The molecule has 2 heterocycles. The Kier molecular flexibility index (Phi) is 5.69. The van der Waals surface area contributed by atoms with Crippen LogP contribution in [-0.4, -0.2) is 29.1 Å². The molecule has 0 radical (unpaired) electrons. The molecule has 0 saturated heterocycles. The van der Waals surface area contributed by atoms with Gasteiger partial charge in [0.2, 0.25) is 10.0 Å². The minimum Gasteiger partial charge on any atom is -0.489 e. The third-order valence-electron chi connectivity index (χ3n) is 4.65. The van der Waals surface area contributed by atoms with Crippen LogP contribution in [0, 0.1) is 0 Å². The van der Waals surface area contributed by atoms with Gasteiger partial charge in [-0.2, -0.15) is 0 Å². The number of anilines is 2. The molecule has 0 aliphatic rings. The predicted molar refractivity (Wildman–Crippen MR) is 123 cm³/mol. The highest BCUT2D eigenvalue weighted by Crippen LogP contribution is 2.34. The molecular weight excluding hydrogens is 434 g/mol. The number of aryl methyl sites for hydroxylation is 1. The minimum absolute atomic E-state index is 0.000141. The van der Waals surface area contributed by atoms with E-state index in [0.29, 0.717) is 16.6 Å². The van der Waals surface area contributed by atoms with Crippen molar-refractivity contribution in [3.05, 3.63) is 48.1 Å². The molecule has 4 aromatic rings. The number of aromatic nitrogens is 3. The fourth-order valence-corrected chi connectivity index (χ4v) is 4.47. The van der Waals surface area contributed by atoms with Gasteiger partial charge in [-0.1, -0.05) is 6.07 Å². The normalized spacial score (nSPS) is 11.9. The lowest BCUT2D eigenvalue weighted by molar-refractivity contribution is 0.243. The van der Waals surface area contributed by atoms with Gasteiger partial charge in [-0.25, -0.2) is 23.5 Å². The lowest BCUT2D eigenvalue weighted by Crippen LogP contribution is -2.13. The first-order valence-electron chi connectivity index (χ1n) is 9.76. The Morgan fingerprint density at radius 1 is 1.23 bits per heavy atom. The lowest BCUT2D eigenvalue weighted by Gasteiger charge is -2.15. The van der Waals surface area contributed by atoms with Crippen LogP contribution in [0.2, 0.25) is 0 Å². The second-order valence-electron chi connectivity index (χ2n) is 7.27. The standard InChI is InChI=1S/C21H23N5O3S2/c1-4-26-12-23-16-9-14(5-7-19(16)26)18-11-30-21(25-18)24-17-10-15(31(22,27)28)6-8-20(17)29-13(2)3/h5-13H,4H2,1-3H3,(H,24,25)(H2,22,27,28). The molecule has 10 heteroatoms. The van der Waals surface area contributed by atoms with E-state index in [0.717, 1.165) is 28.8 Å². The fourth-order valence-electron chi connectivity index (χ4n) is 3.19. The van der Waals surface area contributed by atoms with Crippen LogP contribution in [0.5, 0.6) is 5.75 Å². The Morgan fingerprint density at radius 3 is 2.74 bits per heavy atom. The summed E-state index contributed by atoms with van der Waals surface area (Å²) in [5.41, 5.74) is 4.23. The van der Waals surface area contributed by atoms with Crippen molar-refractivity contribution in [3.63, 3.8) is 0 Å².